The van der Waals surface area contributed by atoms with Crippen LogP contribution in [0.3, 0.4) is 0 Å². The zero-order chi connectivity index (χ0) is 9.59. The number of oxime groups is 1. The first-order valence-corrected chi connectivity index (χ1v) is 4.30. The second kappa shape index (κ2) is 2.70. The maximum Gasteiger partial charge on any atom is 0.308 e. The Balaban J connectivity index is 2.19. The zero-order valence-electron chi connectivity index (χ0n) is 7.30. The molecule has 0 amide bonds. The quantitative estimate of drug-likeness (QED) is 0.591. The number of nitrogens with two attached hydrogens (primary N) is 1. The van der Waals surface area contributed by atoms with Crippen LogP contribution in [0.5, 0.6) is 0 Å². The summed E-state index contributed by atoms with van der Waals surface area (Å²) in [5, 5.41) is 12.7. The molecule has 2 rings (SSSR count). The molecule has 5 heteroatoms. The minimum atomic E-state index is -0.835. The molecule has 1 saturated carbocycles. The molecule has 1 aliphatic heterocycles. The number of nitrogens with zero attached hydrogens (tertiary/aromatic N) is 1. The summed E-state index contributed by atoms with van der Waals surface area (Å²) in [6.07, 6.45) is 0.359. The molecule has 0 radical (unpaired) electrons. The van der Waals surface area contributed by atoms with Crippen LogP contribution in [0.4, 0.5) is 0 Å². The van der Waals surface area contributed by atoms with Gasteiger partial charge in [0.1, 0.15) is 6.10 Å². The molecular formula is C8H12N2O3. The SMILES string of the molecule is CC1=NO[C@H]2C[C@H](C(=O)O)[C@H](N)[C@@H]12. The van der Waals surface area contributed by atoms with Gasteiger partial charge in [-0.05, 0) is 6.92 Å². The standard InChI is InChI=1S/C8H12N2O3/c1-3-6-5(13-10-3)2-4(7(6)9)8(11)12/h4-7H,2,9H2,1H3,(H,11,12)/t4-,5-,6-,7-/m0/s1. The number of carboxylic acids is 1. The number of hydrogen-bond donors (Lipinski definition) is 2. The molecule has 5 nitrogen and oxygen atoms in total. The van der Waals surface area contributed by atoms with E-state index in [1.807, 2.05) is 6.92 Å². The molecule has 0 spiro atoms. The van der Waals surface area contributed by atoms with Crippen LogP contribution in [0.15, 0.2) is 5.16 Å². The van der Waals surface area contributed by atoms with E-state index >= 15 is 0 Å². The van der Waals surface area contributed by atoms with Crippen molar-refractivity contribution in [2.24, 2.45) is 22.7 Å². The summed E-state index contributed by atoms with van der Waals surface area (Å²) in [5.41, 5.74) is 6.63. The monoisotopic (exact) mass is 184 g/mol. The Kier molecular flexibility index (Phi) is 1.76. The van der Waals surface area contributed by atoms with Gasteiger partial charge in [-0.3, -0.25) is 4.79 Å². The van der Waals surface area contributed by atoms with Gasteiger partial charge in [-0.15, -0.1) is 0 Å². The van der Waals surface area contributed by atoms with E-state index in [4.69, 9.17) is 15.7 Å². The molecule has 0 saturated heterocycles. The highest BCUT2D eigenvalue weighted by atomic mass is 16.6. The van der Waals surface area contributed by atoms with Crippen molar-refractivity contribution in [3.63, 3.8) is 0 Å². The Labute approximate surface area is 75.5 Å². The van der Waals surface area contributed by atoms with Crippen LogP contribution in [0.25, 0.3) is 0 Å². The average Bonchev–Trinajstić information content (AvgIpc) is 2.55. The number of hydrogen-bond acceptors (Lipinski definition) is 4. The lowest BCUT2D eigenvalue weighted by Gasteiger charge is -2.14. The molecule has 1 heterocycles. The molecule has 4 atom stereocenters. The fraction of sp³-hybridized carbons (Fsp3) is 0.750. The second-order valence-corrected chi connectivity index (χ2v) is 3.66. The molecule has 0 aromatic rings. The van der Waals surface area contributed by atoms with Gasteiger partial charge in [0.05, 0.1) is 17.5 Å². The largest absolute Gasteiger partial charge is 0.481 e. The van der Waals surface area contributed by atoms with Crippen LogP contribution in [-0.2, 0) is 9.63 Å². The lowest BCUT2D eigenvalue weighted by Crippen LogP contribution is -2.38. The van der Waals surface area contributed by atoms with Crippen LogP contribution < -0.4 is 5.73 Å². The van der Waals surface area contributed by atoms with E-state index in [-0.39, 0.29) is 18.1 Å². The third-order valence-corrected chi connectivity index (χ3v) is 2.90. The highest BCUT2D eigenvalue weighted by Crippen LogP contribution is 2.37. The fourth-order valence-corrected chi connectivity index (χ4v) is 2.19. The van der Waals surface area contributed by atoms with Gasteiger partial charge in [0, 0.05) is 12.5 Å². The van der Waals surface area contributed by atoms with Crippen molar-refractivity contribution in [3.8, 4) is 0 Å². The van der Waals surface area contributed by atoms with Crippen LogP contribution in [0.2, 0.25) is 0 Å². The van der Waals surface area contributed by atoms with E-state index in [0.29, 0.717) is 6.42 Å². The number of fused-ring (bicyclic) bond motifs is 1. The van der Waals surface area contributed by atoms with Gasteiger partial charge in [0.15, 0.2) is 0 Å². The van der Waals surface area contributed by atoms with Gasteiger partial charge in [-0.25, -0.2) is 0 Å². The lowest BCUT2D eigenvalue weighted by atomic mass is 9.95. The predicted octanol–water partition coefficient (Wildman–Crippen LogP) is -0.191. The average molecular weight is 184 g/mol. The van der Waals surface area contributed by atoms with Crippen molar-refractivity contribution in [3.05, 3.63) is 0 Å². The Hall–Kier alpha value is -1.10. The first-order chi connectivity index (χ1) is 6.11. The van der Waals surface area contributed by atoms with E-state index in [9.17, 15) is 4.79 Å². The number of carboxylic acid groups (broad SMARTS) is 1. The van der Waals surface area contributed by atoms with E-state index < -0.39 is 11.9 Å². The van der Waals surface area contributed by atoms with E-state index in [2.05, 4.69) is 5.16 Å². The zero-order valence-corrected chi connectivity index (χ0v) is 7.30. The number of aliphatic carboxylic acids is 1. The van der Waals surface area contributed by atoms with Crippen molar-refractivity contribution in [1.29, 1.82) is 0 Å². The number of rotatable bonds is 1. The van der Waals surface area contributed by atoms with Gasteiger partial charge in [-0.2, -0.15) is 0 Å². The summed E-state index contributed by atoms with van der Waals surface area (Å²) >= 11 is 0. The molecule has 72 valence electrons. The van der Waals surface area contributed by atoms with Gasteiger partial charge >= 0.3 is 5.97 Å². The first kappa shape index (κ1) is 8.50. The second-order valence-electron chi connectivity index (χ2n) is 3.66. The van der Waals surface area contributed by atoms with Crippen molar-refractivity contribution in [2.45, 2.75) is 25.5 Å². The molecule has 0 bridgehead atoms. The summed E-state index contributed by atoms with van der Waals surface area (Å²) in [7, 11) is 0. The smallest absolute Gasteiger partial charge is 0.308 e. The third kappa shape index (κ3) is 1.11. The molecule has 1 fully saturated rings. The summed E-state index contributed by atoms with van der Waals surface area (Å²) in [6, 6.07) is -0.353. The molecule has 2 aliphatic rings. The van der Waals surface area contributed by atoms with Crippen LogP contribution >= 0.6 is 0 Å². The maximum absolute atomic E-state index is 10.8. The Bertz CT molecular complexity index is 277. The van der Waals surface area contributed by atoms with E-state index in [1.165, 1.54) is 0 Å². The van der Waals surface area contributed by atoms with Gasteiger partial charge in [0.25, 0.3) is 0 Å². The van der Waals surface area contributed by atoms with Crippen molar-refractivity contribution < 1.29 is 14.7 Å². The van der Waals surface area contributed by atoms with E-state index in [0.717, 1.165) is 5.71 Å². The minimum Gasteiger partial charge on any atom is -0.481 e. The maximum atomic E-state index is 10.8. The lowest BCUT2D eigenvalue weighted by molar-refractivity contribution is -0.142. The predicted molar refractivity (Wildman–Crippen MR) is 45.2 cm³/mol. The highest BCUT2D eigenvalue weighted by molar-refractivity contribution is 5.88. The Morgan fingerprint density at radius 1 is 1.77 bits per heavy atom. The van der Waals surface area contributed by atoms with Crippen LogP contribution in [0.1, 0.15) is 13.3 Å². The van der Waals surface area contributed by atoms with E-state index in [1.54, 1.807) is 0 Å². The van der Waals surface area contributed by atoms with Gasteiger partial charge in [-0.1, -0.05) is 5.16 Å². The third-order valence-electron chi connectivity index (χ3n) is 2.90. The summed E-state index contributed by atoms with van der Waals surface area (Å²) in [4.78, 5) is 15.9. The Morgan fingerprint density at radius 2 is 2.46 bits per heavy atom. The van der Waals surface area contributed by atoms with Gasteiger partial charge in [0.2, 0.25) is 0 Å². The molecule has 1 aliphatic carbocycles. The fourth-order valence-electron chi connectivity index (χ4n) is 2.19. The minimum absolute atomic E-state index is 0.00102. The summed E-state index contributed by atoms with van der Waals surface area (Å²) in [5.74, 6) is -1.32. The molecule has 13 heavy (non-hydrogen) atoms. The molecule has 0 unspecified atom stereocenters. The topological polar surface area (TPSA) is 84.9 Å². The Morgan fingerprint density at radius 3 is 3.00 bits per heavy atom. The van der Waals surface area contributed by atoms with Crippen LogP contribution in [-0.4, -0.2) is 28.9 Å². The van der Waals surface area contributed by atoms with Crippen molar-refractivity contribution >= 4 is 11.7 Å². The summed E-state index contributed by atoms with van der Waals surface area (Å²) in [6.45, 7) is 1.83. The van der Waals surface area contributed by atoms with Crippen molar-refractivity contribution in [1.82, 2.24) is 0 Å². The molecule has 0 aromatic heterocycles. The van der Waals surface area contributed by atoms with Gasteiger partial charge < -0.3 is 15.7 Å². The molecule has 0 aromatic carbocycles. The number of carbonyl (C=O) groups is 1. The highest BCUT2D eigenvalue weighted by Gasteiger charge is 2.50. The first-order valence-electron chi connectivity index (χ1n) is 4.30. The van der Waals surface area contributed by atoms with Crippen LogP contribution in [0, 0.1) is 11.8 Å². The molecule has 3 N–H and O–H groups in total. The normalized spacial score (nSPS) is 42.5. The van der Waals surface area contributed by atoms with Crippen molar-refractivity contribution in [2.75, 3.05) is 0 Å². The molecular weight excluding hydrogens is 172 g/mol. The summed E-state index contributed by atoms with van der Waals surface area (Å²) < 4.78 is 0.